The van der Waals surface area contributed by atoms with Crippen molar-refractivity contribution in [3.05, 3.63) is 12.2 Å². The van der Waals surface area contributed by atoms with E-state index >= 15 is 0 Å². The molecular weight excluding hydrogens is 408 g/mol. The first-order chi connectivity index (χ1) is 15.8. The first-order valence-electron chi connectivity index (χ1n) is 14.1. The molecule has 7 saturated carbocycles. The predicted octanol–water partition coefficient (Wildman–Crippen LogP) is 4.98. The summed E-state index contributed by atoms with van der Waals surface area (Å²) < 4.78 is 0. The van der Waals surface area contributed by atoms with E-state index in [1.807, 2.05) is 0 Å². The van der Waals surface area contributed by atoms with E-state index in [0.29, 0.717) is 23.7 Å². The number of nitrogens with one attached hydrogen (secondary N) is 2. The normalized spacial score (nSPS) is 56.0. The lowest BCUT2D eigenvalue weighted by molar-refractivity contribution is -0.139. The van der Waals surface area contributed by atoms with Crippen LogP contribution in [0.2, 0.25) is 0 Å². The summed E-state index contributed by atoms with van der Waals surface area (Å²) in [5.74, 6) is 5.30. The van der Waals surface area contributed by atoms with Crippen molar-refractivity contribution in [1.82, 2.24) is 10.6 Å². The molecule has 7 fully saturated rings. The summed E-state index contributed by atoms with van der Waals surface area (Å²) in [4.78, 5) is 25.9. The fraction of sp³-hybridized carbons (Fsp3) is 0.862. The maximum Gasteiger partial charge on any atom is 0.243 e. The molecule has 0 aromatic heterocycles. The van der Waals surface area contributed by atoms with Gasteiger partial charge in [-0.1, -0.05) is 19.9 Å². The summed E-state index contributed by atoms with van der Waals surface area (Å²) in [6, 6.07) is 0.289. The molecule has 7 atom stereocenters. The smallest absolute Gasteiger partial charge is 0.243 e. The molecule has 0 spiro atoms. The van der Waals surface area contributed by atoms with Crippen molar-refractivity contribution in [1.29, 1.82) is 0 Å². The molecule has 4 heteroatoms. The third kappa shape index (κ3) is 2.94. The van der Waals surface area contributed by atoms with E-state index in [-0.39, 0.29) is 34.2 Å². The fourth-order valence-electron chi connectivity index (χ4n) is 11.4. The molecule has 2 amide bonds. The van der Waals surface area contributed by atoms with Crippen LogP contribution < -0.4 is 10.6 Å². The van der Waals surface area contributed by atoms with Gasteiger partial charge >= 0.3 is 0 Å². The molecule has 2 N–H and O–H groups in total. The minimum absolute atomic E-state index is 0.0811. The van der Waals surface area contributed by atoms with Crippen LogP contribution in [-0.4, -0.2) is 23.4 Å². The minimum Gasteiger partial charge on any atom is -0.350 e. The van der Waals surface area contributed by atoms with Crippen molar-refractivity contribution >= 4 is 11.8 Å². The van der Waals surface area contributed by atoms with Gasteiger partial charge in [-0.05, 0) is 124 Å². The average Bonchev–Trinajstić information content (AvgIpc) is 3.10. The molecule has 0 aromatic carbocycles. The lowest BCUT2D eigenvalue weighted by Gasteiger charge is -2.59. The molecule has 4 nitrogen and oxygen atoms in total. The molecule has 8 aliphatic rings. The highest BCUT2D eigenvalue weighted by Crippen LogP contribution is 2.65. The fourth-order valence-corrected chi connectivity index (χ4v) is 11.4. The highest BCUT2D eigenvalue weighted by molar-refractivity contribution is 5.89. The van der Waals surface area contributed by atoms with Crippen molar-refractivity contribution in [2.45, 2.75) is 102 Å². The van der Waals surface area contributed by atoms with E-state index in [1.165, 1.54) is 64.2 Å². The first-order valence-corrected chi connectivity index (χ1v) is 14.1. The second-order valence-corrected chi connectivity index (χ2v) is 14.1. The van der Waals surface area contributed by atoms with Crippen LogP contribution in [0.25, 0.3) is 0 Å². The summed E-state index contributed by atoms with van der Waals surface area (Å²) in [7, 11) is 0. The molecule has 1 aliphatic heterocycles. The summed E-state index contributed by atoms with van der Waals surface area (Å²) in [6.07, 6.45) is 19.0. The van der Waals surface area contributed by atoms with Gasteiger partial charge in [0.05, 0.1) is 0 Å². The largest absolute Gasteiger partial charge is 0.350 e. The van der Waals surface area contributed by atoms with Crippen LogP contribution in [-0.2, 0) is 9.59 Å². The van der Waals surface area contributed by atoms with Crippen molar-refractivity contribution < 1.29 is 9.59 Å². The number of amides is 2. The third-order valence-corrected chi connectivity index (χ3v) is 12.4. The Hall–Kier alpha value is -1.32. The molecule has 1 heterocycles. The summed E-state index contributed by atoms with van der Waals surface area (Å²) in [6.45, 7) is 4.86. The Morgan fingerprint density at radius 2 is 1.64 bits per heavy atom. The van der Waals surface area contributed by atoms with E-state index in [2.05, 4.69) is 30.6 Å². The number of hydrogen-bond donors (Lipinski definition) is 2. The van der Waals surface area contributed by atoms with Gasteiger partial charge in [-0.2, -0.15) is 0 Å². The Balaban J connectivity index is 1.11. The quantitative estimate of drug-likeness (QED) is 0.623. The standard InChI is InChI=1S/C29H42N2O2/c1-27-9-7-22-20(3-6-24-28(22,2)10-8-25(32)30-24)21(27)4-5-23(27)26(33)31-29-14-17-11-18(15-29)13-19(12-17)16-29/h8,10,17-24H,3-7,9,11-16H2,1-2H3,(H,30,32)(H,31,33)/t17?,18?,19?,20-,21-,22+,23?,24?,27-,28+,29?/m0/s1. The van der Waals surface area contributed by atoms with Gasteiger partial charge in [0.2, 0.25) is 11.8 Å². The predicted molar refractivity (Wildman–Crippen MR) is 128 cm³/mol. The van der Waals surface area contributed by atoms with E-state index < -0.39 is 0 Å². The van der Waals surface area contributed by atoms with Crippen LogP contribution >= 0.6 is 0 Å². The average molecular weight is 451 g/mol. The van der Waals surface area contributed by atoms with Gasteiger partial charge in [-0.15, -0.1) is 0 Å². The van der Waals surface area contributed by atoms with Crippen molar-refractivity contribution in [2.75, 3.05) is 0 Å². The molecule has 4 bridgehead atoms. The zero-order valence-corrected chi connectivity index (χ0v) is 20.6. The Bertz CT molecular complexity index is 874. The van der Waals surface area contributed by atoms with Gasteiger partial charge < -0.3 is 10.6 Å². The number of carbonyl (C=O) groups is 2. The number of carbonyl (C=O) groups excluding carboxylic acids is 2. The Labute approximate surface area is 199 Å². The minimum atomic E-state index is 0.0811. The summed E-state index contributed by atoms with van der Waals surface area (Å²) in [5, 5.41) is 7.03. The highest BCUT2D eigenvalue weighted by Gasteiger charge is 2.61. The van der Waals surface area contributed by atoms with Gasteiger partial charge in [0.15, 0.2) is 0 Å². The Morgan fingerprint density at radius 1 is 0.939 bits per heavy atom. The molecule has 0 radical (unpaired) electrons. The second-order valence-electron chi connectivity index (χ2n) is 14.1. The molecular formula is C29H42N2O2. The second kappa shape index (κ2) is 6.88. The monoisotopic (exact) mass is 450 g/mol. The number of fused-ring (bicyclic) bond motifs is 5. The van der Waals surface area contributed by atoms with Crippen molar-refractivity contribution in [2.24, 2.45) is 52.3 Å². The maximum absolute atomic E-state index is 13.9. The SMILES string of the molecule is C[C@]12C=CC(=O)NC1CC[C@@H]1[C@H]2CC[C@]2(C)C(C(=O)NC34CC5CC(CC(C5)C3)C4)CC[C@@H]12. The molecule has 7 aliphatic carbocycles. The Kier molecular flexibility index (Phi) is 4.38. The van der Waals surface area contributed by atoms with Gasteiger partial charge in [0.1, 0.15) is 0 Å². The van der Waals surface area contributed by atoms with Crippen LogP contribution in [0.4, 0.5) is 0 Å². The summed E-state index contributed by atoms with van der Waals surface area (Å²) in [5.41, 5.74) is 0.365. The van der Waals surface area contributed by atoms with Crippen LogP contribution in [0.3, 0.4) is 0 Å². The van der Waals surface area contributed by atoms with Crippen LogP contribution in [0.5, 0.6) is 0 Å². The van der Waals surface area contributed by atoms with Crippen LogP contribution in [0.1, 0.15) is 90.9 Å². The zero-order valence-electron chi connectivity index (χ0n) is 20.6. The lowest BCUT2D eigenvalue weighted by Crippen LogP contribution is -2.62. The number of rotatable bonds is 2. The molecule has 33 heavy (non-hydrogen) atoms. The lowest BCUT2D eigenvalue weighted by atomic mass is 9.48. The molecule has 0 aromatic rings. The topological polar surface area (TPSA) is 58.2 Å². The van der Waals surface area contributed by atoms with Crippen molar-refractivity contribution in [3.63, 3.8) is 0 Å². The summed E-state index contributed by atoms with van der Waals surface area (Å²) >= 11 is 0. The molecule has 180 valence electrons. The van der Waals surface area contributed by atoms with Gasteiger partial charge in [0, 0.05) is 22.9 Å². The van der Waals surface area contributed by atoms with E-state index in [0.717, 1.165) is 30.6 Å². The molecule has 2 unspecified atom stereocenters. The first kappa shape index (κ1) is 21.0. The zero-order chi connectivity index (χ0) is 22.6. The van der Waals surface area contributed by atoms with E-state index in [1.54, 1.807) is 6.08 Å². The van der Waals surface area contributed by atoms with Crippen LogP contribution in [0.15, 0.2) is 12.2 Å². The van der Waals surface area contributed by atoms with Gasteiger partial charge in [0.25, 0.3) is 0 Å². The third-order valence-electron chi connectivity index (χ3n) is 12.4. The molecule has 0 saturated heterocycles. The number of hydrogen-bond acceptors (Lipinski definition) is 2. The molecule has 8 rings (SSSR count). The van der Waals surface area contributed by atoms with Crippen molar-refractivity contribution in [3.8, 4) is 0 Å². The highest BCUT2D eigenvalue weighted by atomic mass is 16.2. The van der Waals surface area contributed by atoms with Gasteiger partial charge in [-0.3, -0.25) is 9.59 Å². The van der Waals surface area contributed by atoms with Gasteiger partial charge in [-0.25, -0.2) is 0 Å². The Morgan fingerprint density at radius 3 is 2.33 bits per heavy atom. The maximum atomic E-state index is 13.9. The van der Waals surface area contributed by atoms with E-state index in [9.17, 15) is 9.59 Å². The van der Waals surface area contributed by atoms with E-state index in [4.69, 9.17) is 0 Å². The van der Waals surface area contributed by atoms with Crippen LogP contribution in [0, 0.1) is 52.3 Å².